The van der Waals surface area contributed by atoms with Gasteiger partial charge in [0.15, 0.2) is 0 Å². The molecule has 1 aromatic rings. The average Bonchev–Trinajstić information content (AvgIpc) is 2.43. The van der Waals surface area contributed by atoms with Gasteiger partial charge in [-0.05, 0) is 12.1 Å². The van der Waals surface area contributed by atoms with Crippen molar-refractivity contribution < 1.29 is 19.5 Å². The van der Waals surface area contributed by atoms with Gasteiger partial charge in [-0.1, -0.05) is 6.92 Å². The molecular formula is C12H15N3O4. The van der Waals surface area contributed by atoms with Gasteiger partial charge in [-0.15, -0.1) is 0 Å². The Bertz CT molecular complexity index is 484. The van der Waals surface area contributed by atoms with Crippen molar-refractivity contribution in [2.45, 2.75) is 6.92 Å². The summed E-state index contributed by atoms with van der Waals surface area (Å²) in [5.74, 6) is -2.41. The Balaban J connectivity index is 2.63. The van der Waals surface area contributed by atoms with Crippen LogP contribution in [0.25, 0.3) is 0 Å². The van der Waals surface area contributed by atoms with E-state index in [0.717, 1.165) is 0 Å². The van der Waals surface area contributed by atoms with E-state index in [0.29, 0.717) is 0 Å². The quantitative estimate of drug-likeness (QED) is 0.688. The van der Waals surface area contributed by atoms with Crippen LogP contribution in [-0.2, 0) is 4.79 Å². The van der Waals surface area contributed by atoms with Crippen LogP contribution >= 0.6 is 0 Å². The van der Waals surface area contributed by atoms with E-state index in [4.69, 9.17) is 5.11 Å². The van der Waals surface area contributed by atoms with Crippen LogP contribution in [0.3, 0.4) is 0 Å². The highest BCUT2D eigenvalue weighted by molar-refractivity contribution is 5.96. The van der Waals surface area contributed by atoms with Crippen LogP contribution < -0.4 is 10.6 Å². The van der Waals surface area contributed by atoms with Gasteiger partial charge in [-0.2, -0.15) is 0 Å². The van der Waals surface area contributed by atoms with Crippen molar-refractivity contribution in [1.82, 2.24) is 15.6 Å². The van der Waals surface area contributed by atoms with Gasteiger partial charge in [0.05, 0.1) is 11.5 Å². The van der Waals surface area contributed by atoms with Crippen LogP contribution in [0.15, 0.2) is 18.3 Å². The fourth-order valence-electron chi connectivity index (χ4n) is 1.23. The number of carboxylic acids is 1. The summed E-state index contributed by atoms with van der Waals surface area (Å²) >= 11 is 0. The van der Waals surface area contributed by atoms with Gasteiger partial charge in [-0.25, -0.2) is 0 Å². The molecule has 0 aromatic carbocycles. The molecule has 1 unspecified atom stereocenters. The minimum Gasteiger partial charge on any atom is -0.481 e. The Labute approximate surface area is 110 Å². The Morgan fingerprint density at radius 2 is 2.00 bits per heavy atom. The van der Waals surface area contributed by atoms with Crippen LogP contribution in [-0.4, -0.2) is 41.5 Å². The van der Waals surface area contributed by atoms with E-state index >= 15 is 0 Å². The van der Waals surface area contributed by atoms with Crippen LogP contribution in [0.4, 0.5) is 0 Å². The van der Waals surface area contributed by atoms with Gasteiger partial charge in [-0.3, -0.25) is 19.4 Å². The second kappa shape index (κ2) is 6.48. The predicted octanol–water partition coefficient (Wildman–Crippen LogP) is -0.108. The van der Waals surface area contributed by atoms with Crippen molar-refractivity contribution in [2.24, 2.45) is 5.92 Å². The molecule has 0 aliphatic carbocycles. The normalized spacial score (nSPS) is 11.5. The number of carbonyl (C=O) groups excluding carboxylic acids is 2. The molecule has 0 saturated carbocycles. The molecule has 0 fully saturated rings. The highest BCUT2D eigenvalue weighted by Gasteiger charge is 2.13. The van der Waals surface area contributed by atoms with E-state index in [1.807, 2.05) is 0 Å². The molecule has 1 atom stereocenters. The second-order valence-electron chi connectivity index (χ2n) is 3.96. The summed E-state index contributed by atoms with van der Waals surface area (Å²) < 4.78 is 0. The van der Waals surface area contributed by atoms with E-state index in [2.05, 4.69) is 15.6 Å². The molecule has 102 valence electrons. The summed E-state index contributed by atoms with van der Waals surface area (Å²) in [6, 6.07) is 2.88. The number of aliphatic carboxylic acids is 1. The predicted molar refractivity (Wildman–Crippen MR) is 66.8 cm³/mol. The first kappa shape index (κ1) is 14.6. The first-order valence-corrected chi connectivity index (χ1v) is 5.64. The molecule has 2 amide bonds. The zero-order chi connectivity index (χ0) is 14.4. The topological polar surface area (TPSA) is 108 Å². The number of carboxylic acid groups (broad SMARTS) is 1. The molecule has 0 saturated heterocycles. The zero-order valence-electron chi connectivity index (χ0n) is 10.6. The van der Waals surface area contributed by atoms with Crippen molar-refractivity contribution in [3.05, 3.63) is 29.6 Å². The first-order chi connectivity index (χ1) is 8.95. The van der Waals surface area contributed by atoms with Gasteiger partial charge in [0.25, 0.3) is 11.8 Å². The number of carbonyl (C=O) groups is 3. The molecule has 0 aliphatic rings. The van der Waals surface area contributed by atoms with Crippen molar-refractivity contribution >= 4 is 17.8 Å². The maximum Gasteiger partial charge on any atom is 0.308 e. The Morgan fingerprint density at radius 1 is 1.32 bits per heavy atom. The summed E-state index contributed by atoms with van der Waals surface area (Å²) in [7, 11) is 1.48. The lowest BCUT2D eigenvalue weighted by Crippen LogP contribution is -2.31. The molecule has 0 bridgehead atoms. The highest BCUT2D eigenvalue weighted by Crippen LogP contribution is 2.01. The third-order valence-electron chi connectivity index (χ3n) is 2.48. The van der Waals surface area contributed by atoms with Gasteiger partial charge in [0.2, 0.25) is 0 Å². The number of nitrogens with one attached hydrogen (secondary N) is 2. The van der Waals surface area contributed by atoms with E-state index < -0.39 is 17.8 Å². The van der Waals surface area contributed by atoms with E-state index in [9.17, 15) is 14.4 Å². The van der Waals surface area contributed by atoms with Crippen LogP contribution in [0.5, 0.6) is 0 Å². The molecule has 0 radical (unpaired) electrons. The number of amides is 2. The molecule has 0 spiro atoms. The molecule has 0 aliphatic heterocycles. The number of rotatable bonds is 5. The lowest BCUT2D eigenvalue weighted by Gasteiger charge is -2.08. The molecular weight excluding hydrogens is 250 g/mol. The Kier molecular flexibility index (Phi) is 4.99. The largest absolute Gasteiger partial charge is 0.481 e. The third-order valence-corrected chi connectivity index (χ3v) is 2.48. The Morgan fingerprint density at radius 3 is 2.47 bits per heavy atom. The highest BCUT2D eigenvalue weighted by atomic mass is 16.4. The number of nitrogens with zero attached hydrogens (tertiary/aromatic N) is 1. The Hall–Kier alpha value is -2.44. The fourth-order valence-corrected chi connectivity index (χ4v) is 1.23. The molecule has 7 nitrogen and oxygen atoms in total. The zero-order valence-corrected chi connectivity index (χ0v) is 10.6. The smallest absolute Gasteiger partial charge is 0.308 e. The SMILES string of the molecule is CNC(=O)c1ccc(C(=O)NCC(C)C(=O)O)cn1. The van der Waals surface area contributed by atoms with Crippen molar-refractivity contribution in [1.29, 1.82) is 0 Å². The molecule has 7 heteroatoms. The van der Waals surface area contributed by atoms with Crippen molar-refractivity contribution in [3.63, 3.8) is 0 Å². The summed E-state index contributed by atoms with van der Waals surface area (Å²) in [5, 5.41) is 13.6. The van der Waals surface area contributed by atoms with Crippen LogP contribution in [0.2, 0.25) is 0 Å². The lowest BCUT2D eigenvalue weighted by atomic mass is 10.2. The molecule has 1 rings (SSSR count). The van der Waals surface area contributed by atoms with Crippen molar-refractivity contribution in [2.75, 3.05) is 13.6 Å². The third kappa shape index (κ3) is 4.06. The van der Waals surface area contributed by atoms with Gasteiger partial charge in [0.1, 0.15) is 5.69 Å². The summed E-state index contributed by atoms with van der Waals surface area (Å²) in [4.78, 5) is 37.4. The maximum absolute atomic E-state index is 11.7. The van der Waals surface area contributed by atoms with Gasteiger partial charge < -0.3 is 15.7 Å². The number of hydrogen-bond acceptors (Lipinski definition) is 4. The summed E-state index contributed by atoms with van der Waals surface area (Å²) in [5.41, 5.74) is 0.475. The number of pyridine rings is 1. The molecule has 3 N–H and O–H groups in total. The lowest BCUT2D eigenvalue weighted by molar-refractivity contribution is -0.140. The first-order valence-electron chi connectivity index (χ1n) is 5.64. The van der Waals surface area contributed by atoms with E-state index in [1.165, 1.54) is 32.3 Å². The van der Waals surface area contributed by atoms with Crippen molar-refractivity contribution in [3.8, 4) is 0 Å². The van der Waals surface area contributed by atoms with E-state index in [-0.39, 0.29) is 23.7 Å². The monoisotopic (exact) mass is 265 g/mol. The van der Waals surface area contributed by atoms with Crippen LogP contribution in [0.1, 0.15) is 27.8 Å². The van der Waals surface area contributed by atoms with Crippen LogP contribution in [0, 0.1) is 5.92 Å². The fraction of sp³-hybridized carbons (Fsp3) is 0.333. The summed E-state index contributed by atoms with van der Waals surface area (Å²) in [6.07, 6.45) is 1.27. The van der Waals surface area contributed by atoms with Gasteiger partial charge >= 0.3 is 5.97 Å². The number of aromatic nitrogens is 1. The summed E-state index contributed by atoms with van der Waals surface area (Å²) in [6.45, 7) is 1.53. The minimum atomic E-state index is -0.978. The van der Waals surface area contributed by atoms with E-state index in [1.54, 1.807) is 0 Å². The molecule has 1 heterocycles. The second-order valence-corrected chi connectivity index (χ2v) is 3.96. The maximum atomic E-state index is 11.7. The molecule has 19 heavy (non-hydrogen) atoms. The molecule has 1 aromatic heterocycles. The van der Waals surface area contributed by atoms with Gasteiger partial charge in [0, 0.05) is 19.8 Å². The minimum absolute atomic E-state index is 0.0331. The average molecular weight is 265 g/mol. The number of hydrogen-bond donors (Lipinski definition) is 3. The standard InChI is InChI=1S/C12H15N3O4/c1-7(12(18)19)5-15-10(16)8-3-4-9(14-6-8)11(17)13-2/h3-4,6-7H,5H2,1-2H3,(H,13,17)(H,15,16)(H,18,19).